The lowest BCUT2D eigenvalue weighted by molar-refractivity contribution is 0.809. The Hall–Kier alpha value is -1.95. The maximum absolute atomic E-state index is 12.1. The van der Waals surface area contributed by atoms with Crippen LogP contribution in [0.4, 0.5) is 0 Å². The first kappa shape index (κ1) is 10.2. The molecule has 3 aromatic rings. The molecule has 0 N–H and O–H groups in total. The molecule has 0 atom stereocenters. The molecular formula is C11H7BrN4O. The average molecular weight is 291 g/mol. The van der Waals surface area contributed by atoms with Crippen LogP contribution in [0.25, 0.3) is 11.5 Å². The zero-order valence-electron chi connectivity index (χ0n) is 8.62. The van der Waals surface area contributed by atoms with Gasteiger partial charge in [0.05, 0.1) is 0 Å². The van der Waals surface area contributed by atoms with E-state index in [4.69, 9.17) is 0 Å². The van der Waals surface area contributed by atoms with Crippen LogP contribution >= 0.6 is 15.9 Å². The largest absolute Gasteiger partial charge is 0.356 e. The summed E-state index contributed by atoms with van der Waals surface area (Å²) in [6.07, 6.45) is 3.31. The highest BCUT2D eigenvalue weighted by atomic mass is 79.9. The van der Waals surface area contributed by atoms with Gasteiger partial charge in [-0.25, -0.2) is 14.2 Å². The Labute approximate surface area is 104 Å². The van der Waals surface area contributed by atoms with E-state index in [0.717, 1.165) is 4.47 Å². The molecule has 3 aromatic heterocycles. The summed E-state index contributed by atoms with van der Waals surface area (Å²) in [7, 11) is 0. The molecule has 0 aromatic carbocycles. The van der Waals surface area contributed by atoms with Gasteiger partial charge in [0.15, 0.2) is 11.5 Å². The fourth-order valence-electron chi connectivity index (χ4n) is 1.58. The smallest absolute Gasteiger partial charge is 0.249 e. The molecule has 0 saturated heterocycles. The quantitative estimate of drug-likeness (QED) is 0.685. The van der Waals surface area contributed by atoms with Crippen molar-refractivity contribution in [3.05, 3.63) is 57.7 Å². The molecule has 3 rings (SSSR count). The number of halogens is 1. The van der Waals surface area contributed by atoms with Crippen molar-refractivity contribution >= 4 is 21.6 Å². The summed E-state index contributed by atoms with van der Waals surface area (Å²) in [5.74, 6) is 0.511. The van der Waals surface area contributed by atoms with Crippen molar-refractivity contribution in [3.63, 3.8) is 0 Å². The molecule has 0 fully saturated rings. The van der Waals surface area contributed by atoms with Gasteiger partial charge in [-0.05, 0) is 40.2 Å². The van der Waals surface area contributed by atoms with E-state index in [1.807, 2.05) is 12.1 Å². The van der Waals surface area contributed by atoms with Gasteiger partial charge in [0.1, 0.15) is 0 Å². The van der Waals surface area contributed by atoms with Crippen LogP contribution in [0.3, 0.4) is 0 Å². The van der Waals surface area contributed by atoms with Crippen molar-refractivity contribution in [2.24, 2.45) is 0 Å². The number of pyridine rings is 2. The molecule has 0 aliphatic heterocycles. The molecule has 0 aliphatic carbocycles. The van der Waals surface area contributed by atoms with Gasteiger partial charge >= 0.3 is 5.69 Å². The molecule has 0 aliphatic rings. The first-order valence-electron chi connectivity index (χ1n) is 4.94. The summed E-state index contributed by atoms with van der Waals surface area (Å²) < 4.78 is 3.58. The highest BCUT2D eigenvalue weighted by molar-refractivity contribution is 9.10. The van der Waals surface area contributed by atoms with Gasteiger partial charge in [-0.15, -0.1) is 5.10 Å². The predicted molar refractivity (Wildman–Crippen MR) is 66.3 cm³/mol. The Morgan fingerprint density at radius 3 is 2.82 bits per heavy atom. The summed E-state index contributed by atoms with van der Waals surface area (Å²) in [5, 5.41) is 4.21. The van der Waals surface area contributed by atoms with Gasteiger partial charge < -0.3 is 0 Å². The number of hydrogen-bond acceptors (Lipinski definition) is 3. The molecular weight excluding hydrogens is 284 g/mol. The average Bonchev–Trinajstić information content (AvgIpc) is 2.68. The van der Waals surface area contributed by atoms with Gasteiger partial charge in [0, 0.05) is 16.9 Å². The fourth-order valence-corrected chi connectivity index (χ4v) is 1.91. The molecule has 6 heteroatoms. The molecule has 84 valence electrons. The maximum atomic E-state index is 12.1. The number of nitrogens with zero attached hydrogens (tertiary/aromatic N) is 4. The molecule has 0 amide bonds. The standard InChI is InChI=1S/C11H7BrN4O/c12-8-4-5-10-14-16(11(17)15(10)7-8)9-3-1-2-6-13-9/h1-7H. The highest BCUT2D eigenvalue weighted by Crippen LogP contribution is 2.09. The third-order valence-electron chi connectivity index (χ3n) is 2.35. The Balaban J connectivity index is 2.33. The second-order valence-corrected chi connectivity index (χ2v) is 4.37. The SMILES string of the molecule is O=c1n(-c2ccccn2)nc2ccc(Br)cn12. The van der Waals surface area contributed by atoms with Gasteiger partial charge in [0.25, 0.3) is 0 Å². The van der Waals surface area contributed by atoms with E-state index in [2.05, 4.69) is 26.0 Å². The first-order valence-corrected chi connectivity index (χ1v) is 5.73. The van der Waals surface area contributed by atoms with Crippen molar-refractivity contribution in [2.75, 3.05) is 0 Å². The lowest BCUT2D eigenvalue weighted by atomic mass is 10.5. The van der Waals surface area contributed by atoms with Crippen LogP contribution in [0, 0.1) is 0 Å². The Kier molecular flexibility index (Phi) is 2.29. The van der Waals surface area contributed by atoms with E-state index in [1.54, 1.807) is 30.6 Å². The summed E-state index contributed by atoms with van der Waals surface area (Å²) in [4.78, 5) is 16.2. The molecule has 5 nitrogen and oxygen atoms in total. The van der Waals surface area contributed by atoms with E-state index in [-0.39, 0.29) is 5.69 Å². The number of hydrogen-bond donors (Lipinski definition) is 0. The van der Waals surface area contributed by atoms with Gasteiger partial charge in [0.2, 0.25) is 0 Å². The minimum Gasteiger partial charge on any atom is -0.249 e. The van der Waals surface area contributed by atoms with Gasteiger partial charge in [-0.2, -0.15) is 4.68 Å². The molecule has 0 unspecified atom stereocenters. The third-order valence-corrected chi connectivity index (χ3v) is 2.82. The maximum Gasteiger partial charge on any atom is 0.356 e. The summed E-state index contributed by atoms with van der Waals surface area (Å²) in [5.41, 5.74) is 0.351. The van der Waals surface area contributed by atoms with E-state index >= 15 is 0 Å². The topological polar surface area (TPSA) is 52.2 Å². The molecule has 0 saturated carbocycles. The van der Waals surface area contributed by atoms with Crippen LogP contribution < -0.4 is 5.69 Å². The molecule has 0 bridgehead atoms. The van der Waals surface area contributed by atoms with Crippen LogP contribution in [-0.4, -0.2) is 19.2 Å². The van der Waals surface area contributed by atoms with Crippen LogP contribution in [-0.2, 0) is 0 Å². The second kappa shape index (κ2) is 3.81. The van der Waals surface area contributed by atoms with Crippen molar-refractivity contribution in [2.45, 2.75) is 0 Å². The van der Waals surface area contributed by atoms with Crippen LogP contribution in [0.1, 0.15) is 0 Å². The monoisotopic (exact) mass is 290 g/mol. The van der Waals surface area contributed by atoms with E-state index in [1.165, 1.54) is 9.08 Å². The highest BCUT2D eigenvalue weighted by Gasteiger charge is 2.08. The van der Waals surface area contributed by atoms with Crippen molar-refractivity contribution in [3.8, 4) is 5.82 Å². The zero-order chi connectivity index (χ0) is 11.8. The summed E-state index contributed by atoms with van der Waals surface area (Å²) >= 11 is 3.32. The molecule has 0 radical (unpaired) electrons. The minimum atomic E-state index is -0.236. The Bertz CT molecular complexity index is 732. The molecule has 3 heterocycles. The van der Waals surface area contributed by atoms with E-state index < -0.39 is 0 Å². The van der Waals surface area contributed by atoms with Crippen LogP contribution in [0.2, 0.25) is 0 Å². The lowest BCUT2D eigenvalue weighted by Crippen LogP contribution is -2.20. The first-order chi connectivity index (χ1) is 8.25. The van der Waals surface area contributed by atoms with Crippen molar-refractivity contribution in [1.82, 2.24) is 19.2 Å². The summed E-state index contributed by atoms with van der Waals surface area (Å²) in [6, 6.07) is 8.95. The zero-order valence-corrected chi connectivity index (χ0v) is 10.2. The minimum absolute atomic E-state index is 0.236. The normalized spacial score (nSPS) is 10.9. The van der Waals surface area contributed by atoms with Crippen LogP contribution in [0.15, 0.2) is 52.0 Å². The number of rotatable bonds is 1. The summed E-state index contributed by atoms with van der Waals surface area (Å²) in [6.45, 7) is 0. The Morgan fingerprint density at radius 1 is 1.18 bits per heavy atom. The molecule has 0 spiro atoms. The number of fused-ring (bicyclic) bond motifs is 1. The van der Waals surface area contributed by atoms with Crippen molar-refractivity contribution in [1.29, 1.82) is 0 Å². The van der Waals surface area contributed by atoms with Crippen molar-refractivity contribution < 1.29 is 0 Å². The fraction of sp³-hybridized carbons (Fsp3) is 0. The molecule has 17 heavy (non-hydrogen) atoms. The van der Waals surface area contributed by atoms with E-state index in [9.17, 15) is 4.79 Å². The van der Waals surface area contributed by atoms with E-state index in [0.29, 0.717) is 11.5 Å². The Morgan fingerprint density at radius 2 is 2.06 bits per heavy atom. The predicted octanol–water partition coefficient (Wildman–Crippen LogP) is 1.64. The second-order valence-electron chi connectivity index (χ2n) is 3.46. The van der Waals surface area contributed by atoms with Crippen LogP contribution in [0.5, 0.6) is 0 Å². The van der Waals surface area contributed by atoms with Gasteiger partial charge in [-0.3, -0.25) is 0 Å². The number of aromatic nitrogens is 4. The third kappa shape index (κ3) is 1.66. The lowest BCUT2D eigenvalue weighted by Gasteiger charge is -1.94. The van der Waals surface area contributed by atoms with Gasteiger partial charge in [-0.1, -0.05) is 6.07 Å².